The topological polar surface area (TPSA) is 54.9 Å². The predicted octanol–water partition coefficient (Wildman–Crippen LogP) is 5.18. The number of carbonyl (C=O) groups excluding carboxylic acids is 1. The molecule has 4 rings (SSSR count). The summed E-state index contributed by atoms with van der Waals surface area (Å²) in [6.07, 6.45) is 10.8. The van der Waals surface area contributed by atoms with Crippen molar-refractivity contribution in [2.24, 2.45) is 0 Å². The Bertz CT molecular complexity index is 844. The molecule has 128 valence electrons. The summed E-state index contributed by atoms with van der Waals surface area (Å²) < 4.78 is 0. The van der Waals surface area contributed by atoms with Gasteiger partial charge >= 0.3 is 0 Å². The van der Waals surface area contributed by atoms with E-state index in [2.05, 4.69) is 21.4 Å². The van der Waals surface area contributed by atoms with Crippen LogP contribution in [0.25, 0.3) is 11.3 Å². The number of pyridine rings is 1. The van der Waals surface area contributed by atoms with Crippen molar-refractivity contribution in [2.45, 2.75) is 38.5 Å². The maximum absolute atomic E-state index is 12.6. The van der Waals surface area contributed by atoms with Crippen LogP contribution in [0.1, 0.15) is 45.8 Å². The molecule has 4 nitrogen and oxygen atoms in total. The molecule has 6 heteroatoms. The fraction of sp³-hybridized carbons (Fsp3) is 0.316. The predicted molar refractivity (Wildman–Crippen MR) is 103 cm³/mol. The standard InChI is InChI=1S/C19H19N3OS2/c23-18(17-11-14-5-3-1-2-4-6-16(14)25-17)22-19-21-15(12-24-19)13-7-9-20-10-8-13/h7-12H,1-6H2,(H,21,22,23). The van der Waals surface area contributed by atoms with E-state index in [0.717, 1.165) is 29.0 Å². The van der Waals surface area contributed by atoms with Gasteiger partial charge in [0.25, 0.3) is 5.91 Å². The second kappa shape index (κ2) is 7.45. The summed E-state index contributed by atoms with van der Waals surface area (Å²) in [4.78, 5) is 23.3. The van der Waals surface area contributed by atoms with E-state index in [1.165, 1.54) is 47.5 Å². The number of rotatable bonds is 3. The van der Waals surface area contributed by atoms with Crippen LogP contribution in [0.2, 0.25) is 0 Å². The summed E-state index contributed by atoms with van der Waals surface area (Å²) in [5.74, 6) is -0.0487. The highest BCUT2D eigenvalue weighted by atomic mass is 32.1. The van der Waals surface area contributed by atoms with Crippen molar-refractivity contribution in [3.05, 3.63) is 51.3 Å². The summed E-state index contributed by atoms with van der Waals surface area (Å²) in [6, 6.07) is 5.91. The van der Waals surface area contributed by atoms with E-state index in [1.807, 2.05) is 17.5 Å². The number of aromatic nitrogens is 2. The van der Waals surface area contributed by atoms with Crippen molar-refractivity contribution in [1.82, 2.24) is 9.97 Å². The second-order valence-electron chi connectivity index (χ2n) is 6.20. The largest absolute Gasteiger partial charge is 0.297 e. The third-order valence-corrected chi connectivity index (χ3v) is 6.41. The van der Waals surface area contributed by atoms with Gasteiger partial charge in [0.1, 0.15) is 0 Å². The number of thiazole rings is 1. The molecule has 1 aliphatic rings. The number of nitrogens with one attached hydrogen (secondary N) is 1. The monoisotopic (exact) mass is 369 g/mol. The molecule has 0 spiro atoms. The minimum Gasteiger partial charge on any atom is -0.297 e. The number of hydrogen-bond donors (Lipinski definition) is 1. The Labute approximate surface area is 155 Å². The summed E-state index contributed by atoms with van der Waals surface area (Å²) in [5, 5.41) is 5.55. The van der Waals surface area contributed by atoms with Crippen LogP contribution in [-0.2, 0) is 12.8 Å². The Morgan fingerprint density at radius 1 is 1.08 bits per heavy atom. The molecule has 3 heterocycles. The molecule has 3 aromatic rings. The van der Waals surface area contributed by atoms with Crippen LogP contribution >= 0.6 is 22.7 Å². The molecule has 0 aromatic carbocycles. The molecular formula is C19H19N3OS2. The maximum Gasteiger partial charge on any atom is 0.267 e. The van der Waals surface area contributed by atoms with E-state index in [-0.39, 0.29) is 5.91 Å². The van der Waals surface area contributed by atoms with Gasteiger partial charge in [-0.3, -0.25) is 15.1 Å². The summed E-state index contributed by atoms with van der Waals surface area (Å²) >= 11 is 3.10. The quantitative estimate of drug-likeness (QED) is 0.692. The average Bonchev–Trinajstić information content (AvgIpc) is 3.23. The van der Waals surface area contributed by atoms with Crippen molar-refractivity contribution < 1.29 is 4.79 Å². The SMILES string of the molecule is O=C(Nc1nc(-c2ccncc2)cs1)c1cc2c(s1)CCCCCC2. The van der Waals surface area contributed by atoms with Gasteiger partial charge in [0, 0.05) is 28.2 Å². The second-order valence-corrected chi connectivity index (χ2v) is 8.20. The van der Waals surface area contributed by atoms with Gasteiger partial charge in [-0.1, -0.05) is 12.8 Å². The molecule has 0 unspecified atom stereocenters. The van der Waals surface area contributed by atoms with E-state index in [1.54, 1.807) is 23.7 Å². The number of amides is 1. The zero-order valence-electron chi connectivity index (χ0n) is 13.8. The Kier molecular flexibility index (Phi) is 4.90. The third-order valence-electron chi connectivity index (χ3n) is 4.42. The zero-order valence-corrected chi connectivity index (χ0v) is 15.5. The van der Waals surface area contributed by atoms with Crippen LogP contribution < -0.4 is 5.32 Å². The Hall–Kier alpha value is -2.05. The smallest absolute Gasteiger partial charge is 0.267 e. The van der Waals surface area contributed by atoms with Gasteiger partial charge in [-0.2, -0.15) is 0 Å². The van der Waals surface area contributed by atoms with Gasteiger partial charge in [0.15, 0.2) is 5.13 Å². The molecule has 0 fully saturated rings. The highest BCUT2D eigenvalue weighted by Gasteiger charge is 2.17. The first-order valence-electron chi connectivity index (χ1n) is 8.58. The van der Waals surface area contributed by atoms with Gasteiger partial charge in [-0.25, -0.2) is 4.98 Å². The number of thiophene rings is 1. The van der Waals surface area contributed by atoms with Gasteiger partial charge in [0.05, 0.1) is 10.6 Å². The van der Waals surface area contributed by atoms with Crippen molar-refractivity contribution in [1.29, 1.82) is 0 Å². The molecule has 0 atom stereocenters. The third kappa shape index (κ3) is 3.80. The molecule has 0 saturated carbocycles. The molecule has 3 aromatic heterocycles. The first-order chi connectivity index (χ1) is 12.3. The molecule has 1 N–H and O–H groups in total. The van der Waals surface area contributed by atoms with E-state index in [0.29, 0.717) is 5.13 Å². The highest BCUT2D eigenvalue weighted by molar-refractivity contribution is 7.15. The highest BCUT2D eigenvalue weighted by Crippen LogP contribution is 2.30. The van der Waals surface area contributed by atoms with Crippen molar-refractivity contribution in [2.75, 3.05) is 5.32 Å². The lowest BCUT2D eigenvalue weighted by Crippen LogP contribution is -2.09. The van der Waals surface area contributed by atoms with Gasteiger partial charge in [0.2, 0.25) is 0 Å². The molecule has 0 aliphatic heterocycles. The van der Waals surface area contributed by atoms with E-state index < -0.39 is 0 Å². The Morgan fingerprint density at radius 3 is 2.72 bits per heavy atom. The fourth-order valence-electron chi connectivity index (χ4n) is 3.10. The van der Waals surface area contributed by atoms with Gasteiger partial charge in [-0.05, 0) is 49.4 Å². The first kappa shape index (κ1) is 16.4. The Balaban J connectivity index is 1.49. The number of hydrogen-bond acceptors (Lipinski definition) is 5. The summed E-state index contributed by atoms with van der Waals surface area (Å²) in [7, 11) is 0. The van der Waals surface area contributed by atoms with Crippen LogP contribution in [-0.4, -0.2) is 15.9 Å². The lowest BCUT2D eigenvalue weighted by Gasteiger charge is -2.07. The van der Waals surface area contributed by atoms with Gasteiger partial charge < -0.3 is 0 Å². The number of aryl methyl sites for hydroxylation is 2. The van der Waals surface area contributed by atoms with E-state index in [9.17, 15) is 4.79 Å². The van der Waals surface area contributed by atoms with Crippen LogP contribution in [0.4, 0.5) is 5.13 Å². The molecule has 0 bridgehead atoms. The van der Waals surface area contributed by atoms with Crippen molar-refractivity contribution in [3.63, 3.8) is 0 Å². The lowest BCUT2D eigenvalue weighted by atomic mass is 10.00. The van der Waals surface area contributed by atoms with Gasteiger partial charge in [-0.15, -0.1) is 22.7 Å². The number of anilines is 1. The molecule has 1 amide bonds. The zero-order chi connectivity index (χ0) is 17.1. The van der Waals surface area contributed by atoms with E-state index >= 15 is 0 Å². The fourth-order valence-corrected chi connectivity index (χ4v) is 4.96. The minimum atomic E-state index is -0.0487. The minimum absolute atomic E-state index is 0.0487. The van der Waals surface area contributed by atoms with Crippen molar-refractivity contribution >= 4 is 33.7 Å². The normalized spacial score (nSPS) is 14.4. The Morgan fingerprint density at radius 2 is 1.88 bits per heavy atom. The molecule has 0 radical (unpaired) electrons. The number of carbonyl (C=O) groups is 1. The number of nitrogens with zero attached hydrogens (tertiary/aromatic N) is 2. The number of fused-ring (bicyclic) bond motifs is 1. The van der Waals surface area contributed by atoms with Crippen LogP contribution in [0.5, 0.6) is 0 Å². The van der Waals surface area contributed by atoms with Crippen LogP contribution in [0.15, 0.2) is 36.0 Å². The maximum atomic E-state index is 12.6. The average molecular weight is 370 g/mol. The van der Waals surface area contributed by atoms with Crippen molar-refractivity contribution in [3.8, 4) is 11.3 Å². The van der Waals surface area contributed by atoms with Crippen LogP contribution in [0.3, 0.4) is 0 Å². The summed E-state index contributed by atoms with van der Waals surface area (Å²) in [6.45, 7) is 0. The summed E-state index contributed by atoms with van der Waals surface area (Å²) in [5.41, 5.74) is 3.23. The van der Waals surface area contributed by atoms with Crippen LogP contribution in [0, 0.1) is 0 Å². The first-order valence-corrected chi connectivity index (χ1v) is 10.3. The lowest BCUT2D eigenvalue weighted by molar-refractivity contribution is 0.103. The molecular weight excluding hydrogens is 350 g/mol. The molecule has 25 heavy (non-hydrogen) atoms. The molecule has 0 saturated heterocycles. The van der Waals surface area contributed by atoms with E-state index in [4.69, 9.17) is 0 Å². The molecule has 1 aliphatic carbocycles.